The van der Waals surface area contributed by atoms with Gasteiger partial charge in [-0.3, -0.25) is 9.59 Å². The van der Waals surface area contributed by atoms with Gasteiger partial charge >= 0.3 is 0 Å². The van der Waals surface area contributed by atoms with Crippen LogP contribution in [0.3, 0.4) is 0 Å². The Morgan fingerprint density at radius 3 is 3.00 bits per heavy atom. The molecule has 0 aliphatic carbocycles. The van der Waals surface area contributed by atoms with Crippen LogP contribution in [0.2, 0.25) is 0 Å². The van der Waals surface area contributed by atoms with Gasteiger partial charge in [0.25, 0.3) is 0 Å². The molecule has 25 heavy (non-hydrogen) atoms. The molecule has 3 rings (SSSR count). The molecule has 1 aromatic heterocycles. The molecule has 1 aliphatic rings. The highest BCUT2D eigenvalue weighted by Crippen LogP contribution is 2.22. The zero-order valence-corrected chi connectivity index (χ0v) is 13.8. The van der Waals surface area contributed by atoms with Crippen molar-refractivity contribution in [2.24, 2.45) is 0 Å². The number of hydrogen-bond donors (Lipinski definition) is 2. The topological polar surface area (TPSA) is 85.3 Å². The molecule has 0 saturated carbocycles. The summed E-state index contributed by atoms with van der Waals surface area (Å²) in [6, 6.07) is 9.09. The number of carbonyl (C=O) groups excluding carboxylic acids is 2. The number of nitrogens with zero attached hydrogens (tertiary/aromatic N) is 2. The number of amides is 2. The average Bonchev–Trinajstić information content (AvgIpc) is 3.26. The van der Waals surface area contributed by atoms with Gasteiger partial charge in [-0.1, -0.05) is 18.7 Å². The fourth-order valence-corrected chi connectivity index (χ4v) is 2.74. The lowest BCUT2D eigenvalue weighted by Gasteiger charge is -2.13. The molecule has 0 bridgehead atoms. The van der Waals surface area contributed by atoms with Crippen molar-refractivity contribution >= 4 is 23.3 Å². The van der Waals surface area contributed by atoms with Crippen LogP contribution in [-0.2, 0) is 20.7 Å². The van der Waals surface area contributed by atoms with Crippen LogP contribution in [0.4, 0.5) is 11.5 Å². The van der Waals surface area contributed by atoms with E-state index in [2.05, 4.69) is 22.3 Å². The highest BCUT2D eigenvalue weighted by Gasteiger charge is 2.21. The Morgan fingerprint density at radius 2 is 2.24 bits per heavy atom. The van der Waals surface area contributed by atoms with Crippen molar-refractivity contribution < 1.29 is 14.3 Å². The van der Waals surface area contributed by atoms with E-state index >= 15 is 0 Å². The summed E-state index contributed by atoms with van der Waals surface area (Å²) in [5, 5.41) is 9.85. The first-order valence-electron chi connectivity index (χ1n) is 8.09. The normalized spacial score (nSPS) is 16.4. The van der Waals surface area contributed by atoms with E-state index in [-0.39, 0.29) is 24.3 Å². The van der Waals surface area contributed by atoms with Crippen LogP contribution < -0.4 is 10.6 Å². The zero-order chi connectivity index (χ0) is 17.6. The largest absolute Gasteiger partial charge is 0.379 e. The molecule has 2 N–H and O–H groups in total. The fourth-order valence-electron chi connectivity index (χ4n) is 2.74. The van der Waals surface area contributed by atoms with E-state index in [0.29, 0.717) is 24.7 Å². The number of benzene rings is 1. The molecular weight excluding hydrogens is 320 g/mol. The van der Waals surface area contributed by atoms with Gasteiger partial charge in [-0.2, -0.15) is 5.10 Å². The standard InChI is InChI=1S/C18H20N4O3/c1-2-17(23)20-14-5-3-4-13(10-14)11-18(24)21-16-6-8-19-22(16)15-7-9-25-12-15/h2-6,8,10,15H,1,7,9,11-12H2,(H,20,23)(H,21,24). The highest BCUT2D eigenvalue weighted by molar-refractivity contribution is 5.99. The highest BCUT2D eigenvalue weighted by atomic mass is 16.5. The number of hydrogen-bond acceptors (Lipinski definition) is 4. The van der Waals surface area contributed by atoms with Gasteiger partial charge in [-0.05, 0) is 30.2 Å². The third-order valence-corrected chi connectivity index (χ3v) is 3.93. The van der Waals surface area contributed by atoms with E-state index in [0.717, 1.165) is 12.0 Å². The molecule has 7 heteroatoms. The Labute approximate surface area is 145 Å². The molecular formula is C18H20N4O3. The van der Waals surface area contributed by atoms with Crippen molar-refractivity contribution in [2.45, 2.75) is 18.9 Å². The van der Waals surface area contributed by atoms with Gasteiger partial charge in [0.1, 0.15) is 5.82 Å². The monoisotopic (exact) mass is 340 g/mol. The Kier molecular flexibility index (Phi) is 5.25. The number of anilines is 2. The van der Waals surface area contributed by atoms with Crippen molar-refractivity contribution in [2.75, 3.05) is 23.8 Å². The first kappa shape index (κ1) is 16.9. The fraction of sp³-hybridized carbons (Fsp3) is 0.278. The first-order chi connectivity index (χ1) is 12.2. The summed E-state index contributed by atoms with van der Waals surface area (Å²) in [5.74, 6) is 0.230. The minimum absolute atomic E-state index is 0.145. The molecule has 2 amide bonds. The second-order valence-electron chi connectivity index (χ2n) is 5.80. The van der Waals surface area contributed by atoms with Gasteiger partial charge in [0.05, 0.1) is 25.3 Å². The number of aromatic nitrogens is 2. The molecule has 130 valence electrons. The van der Waals surface area contributed by atoms with Gasteiger partial charge in [0.2, 0.25) is 11.8 Å². The van der Waals surface area contributed by atoms with E-state index in [1.807, 2.05) is 6.07 Å². The second-order valence-corrected chi connectivity index (χ2v) is 5.80. The van der Waals surface area contributed by atoms with Gasteiger partial charge in [0.15, 0.2) is 0 Å². The molecule has 1 atom stereocenters. The Bertz CT molecular complexity index is 778. The molecule has 7 nitrogen and oxygen atoms in total. The Balaban J connectivity index is 1.63. The van der Waals surface area contributed by atoms with Crippen LogP contribution in [0.5, 0.6) is 0 Å². The van der Waals surface area contributed by atoms with Crippen LogP contribution in [0.15, 0.2) is 49.2 Å². The van der Waals surface area contributed by atoms with E-state index in [9.17, 15) is 9.59 Å². The summed E-state index contributed by atoms with van der Waals surface area (Å²) in [6.45, 7) is 4.73. The maximum atomic E-state index is 12.3. The smallest absolute Gasteiger partial charge is 0.247 e. The maximum absolute atomic E-state index is 12.3. The first-order valence-corrected chi connectivity index (χ1v) is 8.09. The molecule has 1 fully saturated rings. The van der Waals surface area contributed by atoms with Crippen LogP contribution in [0, 0.1) is 0 Å². The van der Waals surface area contributed by atoms with Crippen LogP contribution in [-0.4, -0.2) is 34.8 Å². The van der Waals surface area contributed by atoms with Crippen molar-refractivity contribution in [1.82, 2.24) is 9.78 Å². The molecule has 1 aliphatic heterocycles. The van der Waals surface area contributed by atoms with Crippen LogP contribution >= 0.6 is 0 Å². The van der Waals surface area contributed by atoms with E-state index in [1.54, 1.807) is 35.1 Å². The summed E-state index contributed by atoms with van der Waals surface area (Å²) in [5.41, 5.74) is 1.43. The lowest BCUT2D eigenvalue weighted by Crippen LogP contribution is -2.20. The second kappa shape index (κ2) is 7.76. The Morgan fingerprint density at radius 1 is 1.36 bits per heavy atom. The number of rotatable bonds is 6. The van der Waals surface area contributed by atoms with E-state index in [1.165, 1.54) is 6.08 Å². The summed E-state index contributed by atoms with van der Waals surface area (Å²) < 4.78 is 7.17. The van der Waals surface area contributed by atoms with E-state index in [4.69, 9.17) is 4.74 Å². The lowest BCUT2D eigenvalue weighted by atomic mass is 10.1. The summed E-state index contributed by atoms with van der Waals surface area (Å²) in [6.07, 6.45) is 3.95. The number of carbonyl (C=O) groups is 2. The third kappa shape index (κ3) is 4.33. The Hall–Kier alpha value is -2.93. The predicted octanol–water partition coefficient (Wildman–Crippen LogP) is 2.15. The molecule has 2 aromatic rings. The van der Waals surface area contributed by atoms with Crippen LogP contribution in [0.25, 0.3) is 0 Å². The molecule has 1 unspecified atom stereocenters. The van der Waals surface area contributed by atoms with Crippen molar-refractivity contribution in [3.05, 3.63) is 54.7 Å². The quantitative estimate of drug-likeness (QED) is 0.789. The molecule has 2 heterocycles. The van der Waals surface area contributed by atoms with Crippen molar-refractivity contribution in [1.29, 1.82) is 0 Å². The third-order valence-electron chi connectivity index (χ3n) is 3.93. The van der Waals surface area contributed by atoms with Gasteiger partial charge in [-0.25, -0.2) is 4.68 Å². The molecule has 0 spiro atoms. The zero-order valence-electron chi connectivity index (χ0n) is 13.8. The summed E-state index contributed by atoms with van der Waals surface area (Å²) in [7, 11) is 0. The van der Waals surface area contributed by atoms with E-state index < -0.39 is 0 Å². The summed E-state index contributed by atoms with van der Waals surface area (Å²) in [4.78, 5) is 23.7. The summed E-state index contributed by atoms with van der Waals surface area (Å²) >= 11 is 0. The minimum Gasteiger partial charge on any atom is -0.379 e. The molecule has 1 aromatic carbocycles. The molecule has 0 radical (unpaired) electrons. The molecule has 1 saturated heterocycles. The SMILES string of the molecule is C=CC(=O)Nc1cccc(CC(=O)Nc2ccnn2C2CCOC2)c1. The van der Waals surface area contributed by atoms with Crippen molar-refractivity contribution in [3.63, 3.8) is 0 Å². The van der Waals surface area contributed by atoms with Crippen LogP contribution in [0.1, 0.15) is 18.0 Å². The maximum Gasteiger partial charge on any atom is 0.247 e. The predicted molar refractivity (Wildman–Crippen MR) is 94.3 cm³/mol. The number of nitrogens with one attached hydrogen (secondary N) is 2. The number of ether oxygens (including phenoxy) is 1. The average molecular weight is 340 g/mol. The lowest BCUT2D eigenvalue weighted by molar-refractivity contribution is -0.115. The van der Waals surface area contributed by atoms with Gasteiger partial charge < -0.3 is 15.4 Å². The van der Waals surface area contributed by atoms with Gasteiger partial charge in [0, 0.05) is 18.4 Å². The van der Waals surface area contributed by atoms with Gasteiger partial charge in [-0.15, -0.1) is 0 Å². The minimum atomic E-state index is -0.288. The van der Waals surface area contributed by atoms with Crippen molar-refractivity contribution in [3.8, 4) is 0 Å².